The van der Waals surface area contributed by atoms with Gasteiger partial charge in [0, 0.05) is 0 Å². The quantitative estimate of drug-likeness (QED) is 0.758. The average molecular weight is 242 g/mol. The molecule has 0 bridgehead atoms. The van der Waals surface area contributed by atoms with Crippen molar-refractivity contribution in [1.29, 1.82) is 0 Å². The first-order chi connectivity index (χ1) is 8.48. The summed E-state index contributed by atoms with van der Waals surface area (Å²) < 4.78 is 11.0. The van der Waals surface area contributed by atoms with Gasteiger partial charge in [0.15, 0.2) is 5.78 Å². The third-order valence-electron chi connectivity index (χ3n) is 3.12. The second-order valence-electron chi connectivity index (χ2n) is 5.18. The lowest BCUT2D eigenvalue weighted by molar-refractivity contribution is -0.111. The van der Waals surface area contributed by atoms with Gasteiger partial charge in [0.2, 0.25) is 0 Å². The summed E-state index contributed by atoms with van der Waals surface area (Å²) in [5.41, 5.74) is 2.73. The Morgan fingerprint density at radius 1 is 1.28 bits per heavy atom. The van der Waals surface area contributed by atoms with Crippen molar-refractivity contribution in [3.05, 3.63) is 53.0 Å². The van der Waals surface area contributed by atoms with Crippen LogP contribution in [0.3, 0.4) is 0 Å². The third-order valence-corrected chi connectivity index (χ3v) is 3.12. The Kier molecular flexibility index (Phi) is 2.14. The molecule has 1 aromatic heterocycles. The first-order valence-corrected chi connectivity index (χ1v) is 5.90. The molecule has 1 aromatic rings. The van der Waals surface area contributed by atoms with Crippen LogP contribution >= 0.6 is 0 Å². The van der Waals surface area contributed by atoms with Crippen LogP contribution in [0.2, 0.25) is 0 Å². The number of ether oxygens (including phenoxy) is 1. The maximum atomic E-state index is 12.2. The number of Topliss-reactive ketones (excluding diaryl/α,β-unsaturated/α-hetero) is 1. The average Bonchev–Trinajstić information content (AvgIpc) is 2.86. The molecular weight excluding hydrogens is 228 g/mol. The fourth-order valence-electron chi connectivity index (χ4n) is 2.36. The Morgan fingerprint density at radius 3 is 2.72 bits per heavy atom. The number of allylic oxidation sites excluding steroid dienone is 4. The molecule has 0 radical (unpaired) electrons. The van der Waals surface area contributed by atoms with E-state index in [1.165, 1.54) is 0 Å². The van der Waals surface area contributed by atoms with E-state index in [-0.39, 0.29) is 5.78 Å². The van der Waals surface area contributed by atoms with Crippen LogP contribution in [0.5, 0.6) is 0 Å². The van der Waals surface area contributed by atoms with Crippen LogP contribution in [-0.4, -0.2) is 11.4 Å². The Hall–Kier alpha value is -2.03. The fourth-order valence-corrected chi connectivity index (χ4v) is 2.36. The second-order valence-corrected chi connectivity index (χ2v) is 5.18. The number of hydrogen-bond donors (Lipinski definition) is 0. The molecule has 3 heteroatoms. The van der Waals surface area contributed by atoms with Gasteiger partial charge < -0.3 is 9.15 Å². The van der Waals surface area contributed by atoms with Crippen molar-refractivity contribution in [2.45, 2.75) is 26.4 Å². The van der Waals surface area contributed by atoms with E-state index in [1.54, 1.807) is 12.5 Å². The van der Waals surface area contributed by atoms with Gasteiger partial charge in [0.05, 0.1) is 17.4 Å². The van der Waals surface area contributed by atoms with Crippen molar-refractivity contribution in [3.63, 3.8) is 0 Å². The van der Waals surface area contributed by atoms with Crippen LogP contribution in [0.25, 0.3) is 5.76 Å². The van der Waals surface area contributed by atoms with Gasteiger partial charge in [-0.15, -0.1) is 0 Å². The van der Waals surface area contributed by atoms with Gasteiger partial charge in [-0.1, -0.05) is 0 Å². The molecule has 0 N–H and O–H groups in total. The molecule has 3 rings (SSSR count). The van der Waals surface area contributed by atoms with E-state index in [4.69, 9.17) is 9.15 Å². The third kappa shape index (κ3) is 1.55. The minimum atomic E-state index is -0.424. The van der Waals surface area contributed by atoms with E-state index in [2.05, 4.69) is 0 Å². The number of carbonyl (C=O) groups excluding carboxylic acids is 1. The molecule has 18 heavy (non-hydrogen) atoms. The van der Waals surface area contributed by atoms with Gasteiger partial charge in [0.25, 0.3) is 0 Å². The van der Waals surface area contributed by atoms with Gasteiger partial charge in [-0.3, -0.25) is 4.79 Å². The van der Waals surface area contributed by atoms with Crippen LogP contribution in [0.15, 0.2) is 51.9 Å². The van der Waals surface area contributed by atoms with E-state index in [0.29, 0.717) is 11.3 Å². The zero-order valence-electron chi connectivity index (χ0n) is 10.6. The summed E-state index contributed by atoms with van der Waals surface area (Å²) in [4.78, 5) is 12.2. The fraction of sp³-hybridized carbons (Fsp3) is 0.267. The number of hydrogen-bond acceptors (Lipinski definition) is 3. The summed E-state index contributed by atoms with van der Waals surface area (Å²) in [7, 11) is 0. The lowest BCUT2D eigenvalue weighted by Crippen LogP contribution is -2.26. The minimum absolute atomic E-state index is 0.0351. The Morgan fingerprint density at radius 2 is 2.06 bits per heavy atom. The smallest absolute Gasteiger partial charge is 0.193 e. The number of fused-ring (bicyclic) bond motifs is 1. The van der Waals surface area contributed by atoms with Gasteiger partial charge in [-0.05, 0) is 50.1 Å². The lowest BCUT2D eigenvalue weighted by atomic mass is 9.94. The van der Waals surface area contributed by atoms with E-state index in [0.717, 1.165) is 16.7 Å². The molecule has 92 valence electrons. The van der Waals surface area contributed by atoms with Crippen molar-refractivity contribution in [3.8, 4) is 0 Å². The highest BCUT2D eigenvalue weighted by molar-refractivity contribution is 6.19. The monoisotopic (exact) mass is 242 g/mol. The topological polar surface area (TPSA) is 39.4 Å². The van der Waals surface area contributed by atoms with Crippen molar-refractivity contribution in [2.24, 2.45) is 0 Å². The highest BCUT2D eigenvalue weighted by Crippen LogP contribution is 2.41. The van der Waals surface area contributed by atoms with Crippen molar-refractivity contribution in [2.75, 3.05) is 0 Å². The zero-order valence-corrected chi connectivity index (χ0v) is 10.6. The number of ketones is 1. The minimum Gasteiger partial charge on any atom is -0.482 e. The lowest BCUT2D eigenvalue weighted by Gasteiger charge is -2.30. The summed E-state index contributed by atoms with van der Waals surface area (Å²) in [5, 5.41) is 0. The molecule has 1 aliphatic heterocycles. The standard InChI is InChI=1S/C15H14O3/c1-9-6-11-7-15(2,3)18-14(12(11)13(9)16)10-4-5-17-8-10/h4-8H,1-3H3. The molecule has 0 saturated carbocycles. The molecule has 0 saturated heterocycles. The van der Waals surface area contributed by atoms with E-state index in [1.807, 2.05) is 39.0 Å². The van der Waals surface area contributed by atoms with Crippen LogP contribution < -0.4 is 0 Å². The molecule has 0 fully saturated rings. The number of furan rings is 1. The van der Waals surface area contributed by atoms with E-state index < -0.39 is 5.60 Å². The summed E-state index contributed by atoms with van der Waals surface area (Å²) in [5.74, 6) is 0.650. The summed E-state index contributed by atoms with van der Waals surface area (Å²) in [6.07, 6.45) is 7.08. The largest absolute Gasteiger partial charge is 0.482 e. The molecule has 2 aliphatic rings. The summed E-state index contributed by atoms with van der Waals surface area (Å²) in [6.45, 7) is 5.78. The molecule has 3 nitrogen and oxygen atoms in total. The first-order valence-electron chi connectivity index (χ1n) is 5.90. The predicted molar refractivity (Wildman–Crippen MR) is 67.6 cm³/mol. The van der Waals surface area contributed by atoms with Crippen LogP contribution in [0.1, 0.15) is 26.3 Å². The van der Waals surface area contributed by atoms with Gasteiger partial charge in [-0.2, -0.15) is 0 Å². The number of carbonyl (C=O) groups is 1. The van der Waals surface area contributed by atoms with E-state index in [9.17, 15) is 4.79 Å². The molecular formula is C15H14O3. The molecule has 2 heterocycles. The Labute approximate surface area is 105 Å². The highest BCUT2D eigenvalue weighted by Gasteiger charge is 2.35. The van der Waals surface area contributed by atoms with Crippen molar-refractivity contribution < 1.29 is 13.9 Å². The van der Waals surface area contributed by atoms with Gasteiger partial charge in [-0.25, -0.2) is 0 Å². The van der Waals surface area contributed by atoms with Gasteiger partial charge in [0.1, 0.15) is 17.6 Å². The van der Waals surface area contributed by atoms with Gasteiger partial charge >= 0.3 is 0 Å². The Bertz CT molecular complexity index is 610. The molecule has 1 aliphatic carbocycles. The highest BCUT2D eigenvalue weighted by atomic mass is 16.5. The van der Waals surface area contributed by atoms with Crippen LogP contribution in [0, 0.1) is 0 Å². The normalized spacial score (nSPS) is 21.4. The molecule has 0 unspecified atom stereocenters. The van der Waals surface area contributed by atoms with Crippen LogP contribution in [0.4, 0.5) is 0 Å². The molecule has 0 atom stereocenters. The van der Waals surface area contributed by atoms with Crippen molar-refractivity contribution >= 4 is 11.5 Å². The molecule has 0 amide bonds. The zero-order chi connectivity index (χ0) is 12.9. The van der Waals surface area contributed by atoms with Crippen LogP contribution in [-0.2, 0) is 9.53 Å². The number of rotatable bonds is 1. The second kappa shape index (κ2) is 3.48. The summed E-state index contributed by atoms with van der Waals surface area (Å²) in [6, 6.07) is 1.81. The maximum Gasteiger partial charge on any atom is 0.193 e. The predicted octanol–water partition coefficient (Wildman–Crippen LogP) is 3.25. The summed E-state index contributed by atoms with van der Waals surface area (Å²) >= 11 is 0. The maximum absolute atomic E-state index is 12.2. The molecule has 0 aromatic carbocycles. The molecule has 0 spiro atoms. The Balaban J connectivity index is 2.22. The SMILES string of the molecule is CC1=CC2=CC(C)(C)OC(c3ccoc3)=C2C1=O. The van der Waals surface area contributed by atoms with E-state index >= 15 is 0 Å². The van der Waals surface area contributed by atoms with Crippen molar-refractivity contribution in [1.82, 2.24) is 0 Å². The first kappa shape index (κ1) is 11.1.